The molecule has 1 fully saturated rings. The van der Waals surface area contributed by atoms with Crippen molar-refractivity contribution in [3.63, 3.8) is 0 Å². The molecule has 184 valence electrons. The van der Waals surface area contributed by atoms with Crippen LogP contribution in [0.1, 0.15) is 24.3 Å². The third-order valence-corrected chi connectivity index (χ3v) is 9.12. The van der Waals surface area contributed by atoms with Gasteiger partial charge in [-0.1, -0.05) is 0 Å². The number of rotatable bonds is 4. The van der Waals surface area contributed by atoms with Gasteiger partial charge in [-0.05, 0) is 44.2 Å². The van der Waals surface area contributed by atoms with Crippen molar-refractivity contribution in [3.8, 4) is 0 Å². The van der Waals surface area contributed by atoms with Gasteiger partial charge in [-0.25, -0.2) is 12.8 Å². The number of halogens is 7. The second kappa shape index (κ2) is 8.40. The molecule has 3 rings (SSSR count). The SMILES string of the molecule is C[C@@H]1CN(c2ccc(F)cc2C(F)(F)F)CCN1S(=O)(=O)c1ccc(C(C)(O)C(F)(F)F)s1. The molecule has 0 aliphatic carbocycles. The predicted octanol–water partition coefficient (Wildman–Crippen LogP) is 4.58. The van der Waals surface area contributed by atoms with E-state index in [0.29, 0.717) is 13.0 Å². The van der Waals surface area contributed by atoms with Crippen LogP contribution in [0, 0.1) is 5.82 Å². The van der Waals surface area contributed by atoms with Crippen molar-refractivity contribution in [2.24, 2.45) is 0 Å². The number of hydrogen-bond acceptors (Lipinski definition) is 5. The number of nitrogens with zero attached hydrogens (tertiary/aromatic N) is 2. The van der Waals surface area contributed by atoms with Crippen LogP contribution < -0.4 is 4.90 Å². The normalized spacial score (nSPS) is 20.7. The van der Waals surface area contributed by atoms with E-state index in [1.54, 1.807) is 0 Å². The van der Waals surface area contributed by atoms with E-state index in [4.69, 9.17) is 0 Å². The van der Waals surface area contributed by atoms with E-state index in [1.807, 2.05) is 0 Å². The van der Waals surface area contributed by atoms with E-state index >= 15 is 0 Å². The fourth-order valence-electron chi connectivity index (χ4n) is 3.50. The first-order valence-corrected chi connectivity index (χ1v) is 11.7. The highest BCUT2D eigenvalue weighted by Crippen LogP contribution is 2.43. The third-order valence-electron chi connectivity index (χ3n) is 5.35. The fourth-order valence-corrected chi connectivity index (χ4v) is 6.62. The van der Waals surface area contributed by atoms with Crippen LogP contribution in [0.5, 0.6) is 0 Å². The van der Waals surface area contributed by atoms with E-state index in [9.17, 15) is 44.3 Å². The monoisotopic (exact) mass is 520 g/mol. The summed E-state index contributed by atoms with van der Waals surface area (Å²) in [7, 11) is -4.28. The lowest BCUT2D eigenvalue weighted by Gasteiger charge is -2.40. The highest BCUT2D eigenvalue weighted by Gasteiger charge is 2.52. The van der Waals surface area contributed by atoms with Crippen molar-refractivity contribution in [1.29, 1.82) is 0 Å². The van der Waals surface area contributed by atoms with Crippen molar-refractivity contribution < 1.29 is 44.3 Å². The Bertz CT molecular complexity index is 1130. The van der Waals surface area contributed by atoms with Gasteiger partial charge in [0.05, 0.1) is 5.56 Å². The van der Waals surface area contributed by atoms with Gasteiger partial charge in [0, 0.05) is 36.2 Å². The van der Waals surface area contributed by atoms with Gasteiger partial charge in [0.15, 0.2) is 5.60 Å². The van der Waals surface area contributed by atoms with Crippen LogP contribution in [0.3, 0.4) is 0 Å². The third kappa shape index (κ3) is 4.84. The maximum absolute atomic E-state index is 13.4. The standard InChI is InChI=1S/C19H19F7N2O3S2/c1-11-10-27(14-4-3-12(20)9-13(14)18(21,22)23)7-8-28(11)33(30,31)16-6-5-15(32-16)17(2,29)19(24,25)26/h3-6,9,11,29H,7-8,10H2,1-2H3/t11-,17?/m1/s1. The van der Waals surface area contributed by atoms with Crippen molar-refractivity contribution in [3.05, 3.63) is 46.6 Å². The summed E-state index contributed by atoms with van der Waals surface area (Å²) in [5, 5.41) is 9.79. The largest absolute Gasteiger partial charge is 0.421 e. The Balaban J connectivity index is 1.85. The summed E-state index contributed by atoms with van der Waals surface area (Å²) in [6.45, 7) is 1.39. The zero-order chi connectivity index (χ0) is 25.0. The Labute approximate surface area is 189 Å². The lowest BCUT2D eigenvalue weighted by molar-refractivity contribution is -0.257. The van der Waals surface area contributed by atoms with Crippen LogP contribution in [-0.2, 0) is 21.8 Å². The second-order valence-electron chi connectivity index (χ2n) is 7.76. The number of benzene rings is 1. The Kier molecular flexibility index (Phi) is 6.54. The molecule has 1 aliphatic rings. The maximum Gasteiger partial charge on any atom is 0.421 e. The molecular weight excluding hydrogens is 501 g/mol. The van der Waals surface area contributed by atoms with E-state index in [-0.39, 0.29) is 36.7 Å². The molecular formula is C19H19F7N2O3S2. The average molecular weight is 520 g/mol. The average Bonchev–Trinajstić information content (AvgIpc) is 3.18. The van der Waals surface area contributed by atoms with Crippen molar-refractivity contribution in [1.82, 2.24) is 4.31 Å². The molecule has 1 N–H and O–H groups in total. The zero-order valence-electron chi connectivity index (χ0n) is 17.2. The van der Waals surface area contributed by atoms with Gasteiger partial charge in [-0.15, -0.1) is 11.3 Å². The van der Waals surface area contributed by atoms with Gasteiger partial charge in [-0.3, -0.25) is 0 Å². The second-order valence-corrected chi connectivity index (χ2v) is 11.0. The molecule has 1 saturated heterocycles. The molecule has 1 unspecified atom stereocenters. The van der Waals surface area contributed by atoms with Gasteiger partial charge in [0.25, 0.3) is 10.0 Å². The molecule has 14 heteroatoms. The molecule has 0 bridgehead atoms. The molecule has 1 aliphatic heterocycles. The van der Waals surface area contributed by atoms with E-state index in [1.165, 1.54) is 11.8 Å². The summed E-state index contributed by atoms with van der Waals surface area (Å²) in [4.78, 5) is 0.675. The first-order chi connectivity index (χ1) is 15.0. The summed E-state index contributed by atoms with van der Waals surface area (Å²) in [5.41, 5.74) is -4.73. The number of sulfonamides is 1. The minimum atomic E-state index is -5.02. The molecule has 0 amide bonds. The molecule has 5 nitrogen and oxygen atoms in total. The molecule has 0 radical (unpaired) electrons. The topological polar surface area (TPSA) is 60.9 Å². The number of alkyl halides is 6. The van der Waals surface area contributed by atoms with Crippen LogP contribution in [0.4, 0.5) is 36.4 Å². The summed E-state index contributed by atoms with van der Waals surface area (Å²) in [6.07, 6.45) is -9.85. The molecule has 33 heavy (non-hydrogen) atoms. The first-order valence-electron chi connectivity index (χ1n) is 9.49. The van der Waals surface area contributed by atoms with E-state index in [0.717, 1.165) is 28.6 Å². The molecule has 2 atom stereocenters. The van der Waals surface area contributed by atoms with Gasteiger partial charge >= 0.3 is 12.4 Å². The molecule has 2 aromatic rings. The zero-order valence-corrected chi connectivity index (χ0v) is 18.8. The van der Waals surface area contributed by atoms with Crippen LogP contribution in [0.15, 0.2) is 34.5 Å². The summed E-state index contributed by atoms with van der Waals surface area (Å²) in [5.74, 6) is -1.07. The Morgan fingerprint density at radius 3 is 2.24 bits per heavy atom. The maximum atomic E-state index is 13.4. The number of anilines is 1. The van der Waals surface area contributed by atoms with Crippen LogP contribution >= 0.6 is 11.3 Å². The first kappa shape index (κ1) is 25.7. The van der Waals surface area contributed by atoms with Gasteiger partial charge in [0.2, 0.25) is 0 Å². The number of thiophene rings is 1. The highest BCUT2D eigenvalue weighted by molar-refractivity contribution is 7.91. The lowest BCUT2D eigenvalue weighted by atomic mass is 10.1. The van der Waals surface area contributed by atoms with Crippen LogP contribution in [0.2, 0.25) is 0 Å². The molecule has 0 saturated carbocycles. The molecule has 0 spiro atoms. The predicted molar refractivity (Wildman–Crippen MR) is 107 cm³/mol. The van der Waals surface area contributed by atoms with Gasteiger partial charge in [0.1, 0.15) is 10.0 Å². The summed E-state index contributed by atoms with van der Waals surface area (Å²) >= 11 is 0.270. The lowest BCUT2D eigenvalue weighted by Crippen LogP contribution is -2.54. The molecule has 1 aromatic heterocycles. The van der Waals surface area contributed by atoms with E-state index < -0.39 is 54.5 Å². The molecule has 2 heterocycles. The van der Waals surface area contributed by atoms with Gasteiger partial charge in [-0.2, -0.15) is 30.6 Å². The number of hydrogen-bond donors (Lipinski definition) is 1. The van der Waals surface area contributed by atoms with E-state index in [2.05, 4.69) is 0 Å². The number of aliphatic hydroxyl groups is 1. The van der Waals surface area contributed by atoms with Crippen molar-refractivity contribution in [2.75, 3.05) is 24.5 Å². The minimum absolute atomic E-state index is 0.156. The molecule has 1 aromatic carbocycles. The highest BCUT2D eigenvalue weighted by atomic mass is 32.2. The minimum Gasteiger partial charge on any atom is -0.376 e. The Morgan fingerprint density at radius 1 is 1.06 bits per heavy atom. The number of piperazine rings is 1. The summed E-state index contributed by atoms with van der Waals surface area (Å²) in [6, 6.07) is 3.19. The van der Waals surface area contributed by atoms with Crippen molar-refractivity contribution >= 4 is 27.0 Å². The van der Waals surface area contributed by atoms with Gasteiger partial charge < -0.3 is 10.0 Å². The quantitative estimate of drug-likeness (QED) is 0.600. The van der Waals surface area contributed by atoms with Crippen LogP contribution in [0.25, 0.3) is 0 Å². The van der Waals surface area contributed by atoms with Crippen LogP contribution in [-0.4, -0.2) is 49.7 Å². The Morgan fingerprint density at radius 2 is 1.70 bits per heavy atom. The Hall–Kier alpha value is -1.90. The smallest absolute Gasteiger partial charge is 0.376 e. The summed E-state index contributed by atoms with van der Waals surface area (Å²) < 4.78 is 119. The van der Waals surface area contributed by atoms with Crippen molar-refractivity contribution in [2.45, 2.75) is 42.1 Å². The fraction of sp³-hybridized carbons (Fsp3) is 0.474.